The molecule has 0 unspecified atom stereocenters. The Morgan fingerprint density at radius 2 is 1.60 bits per heavy atom. The fourth-order valence-corrected chi connectivity index (χ4v) is 2.76. The number of carbonyl (C=O) groups is 1. The molecule has 0 saturated carbocycles. The molecule has 10 heteroatoms. The molecule has 0 fully saturated rings. The Bertz CT molecular complexity index is 1190. The fourth-order valence-electron chi connectivity index (χ4n) is 2.76. The Balaban J connectivity index is 1.75. The van der Waals surface area contributed by atoms with Crippen molar-refractivity contribution in [2.75, 3.05) is 6.61 Å². The molecule has 2 aromatic carbocycles. The molecular weight excluding hydrogens is 413 g/mol. The lowest BCUT2D eigenvalue weighted by Gasteiger charge is -2.12. The van der Waals surface area contributed by atoms with Gasteiger partial charge in [-0.25, -0.2) is 18.0 Å². The van der Waals surface area contributed by atoms with Crippen LogP contribution in [-0.2, 0) is 11.3 Å². The molecule has 0 aliphatic heterocycles. The molecule has 0 bridgehead atoms. The molecule has 1 heterocycles. The maximum absolute atomic E-state index is 13.6. The molecule has 30 heavy (non-hydrogen) atoms. The van der Waals surface area contributed by atoms with E-state index in [2.05, 4.69) is 10.1 Å². The van der Waals surface area contributed by atoms with Crippen molar-refractivity contribution in [1.29, 1.82) is 0 Å². The fraction of sp³-hybridized carbons (Fsp3) is 0.200. The number of halogens is 5. The Labute approximate surface area is 166 Å². The van der Waals surface area contributed by atoms with Gasteiger partial charge in [-0.15, -0.1) is 0 Å². The van der Waals surface area contributed by atoms with Crippen molar-refractivity contribution < 1.29 is 35.9 Å². The number of ether oxygens (including phenoxy) is 1. The first kappa shape index (κ1) is 21.3. The van der Waals surface area contributed by atoms with Gasteiger partial charge in [0.15, 0.2) is 12.4 Å². The van der Waals surface area contributed by atoms with Gasteiger partial charge in [0.1, 0.15) is 5.58 Å². The molecular formula is C20H14F5NO4. The van der Waals surface area contributed by atoms with Gasteiger partial charge < -0.3 is 14.5 Å². The maximum Gasteiger partial charge on any atom is 0.336 e. The first-order valence-corrected chi connectivity index (χ1v) is 8.55. The van der Waals surface area contributed by atoms with Crippen molar-refractivity contribution in [3.63, 3.8) is 0 Å². The molecule has 158 valence electrons. The molecule has 0 aliphatic carbocycles. The van der Waals surface area contributed by atoms with Gasteiger partial charge in [0.25, 0.3) is 5.91 Å². The number of hydrogen-bond acceptors (Lipinski definition) is 4. The number of aryl methyl sites for hydroxylation is 2. The van der Waals surface area contributed by atoms with Crippen LogP contribution >= 0.6 is 0 Å². The summed E-state index contributed by atoms with van der Waals surface area (Å²) in [5, 5.41) is 2.92. The van der Waals surface area contributed by atoms with E-state index in [1.165, 1.54) is 6.07 Å². The second-order valence-electron chi connectivity index (χ2n) is 6.44. The summed E-state index contributed by atoms with van der Waals surface area (Å²) in [7, 11) is 0. The van der Waals surface area contributed by atoms with Gasteiger partial charge in [0.05, 0.1) is 0 Å². The quantitative estimate of drug-likeness (QED) is 0.291. The molecule has 3 rings (SSSR count). The summed E-state index contributed by atoms with van der Waals surface area (Å²) in [6, 6.07) is 4.67. The smallest absolute Gasteiger partial charge is 0.336 e. The average Bonchev–Trinajstić information content (AvgIpc) is 2.72. The van der Waals surface area contributed by atoms with Gasteiger partial charge in [-0.1, -0.05) is 12.1 Å². The largest absolute Gasteiger partial charge is 0.477 e. The average molecular weight is 427 g/mol. The van der Waals surface area contributed by atoms with E-state index in [4.69, 9.17) is 4.42 Å². The SMILES string of the molecule is Cc1ccc2c(CNC(=O)COc3c(F)c(F)c(F)c(F)c3F)cc(=O)oc2c1C. The Hall–Kier alpha value is -3.43. The number of nitrogens with one attached hydrogen (secondary N) is 1. The number of hydrogen-bond donors (Lipinski definition) is 1. The summed E-state index contributed by atoms with van der Waals surface area (Å²) in [5.41, 5.74) is 1.76. The third-order valence-corrected chi connectivity index (χ3v) is 4.51. The number of carbonyl (C=O) groups excluding carboxylic acids is 1. The lowest BCUT2D eigenvalue weighted by Crippen LogP contribution is -2.29. The first-order valence-electron chi connectivity index (χ1n) is 8.55. The van der Waals surface area contributed by atoms with Crippen LogP contribution in [-0.4, -0.2) is 12.5 Å². The highest BCUT2D eigenvalue weighted by Gasteiger charge is 2.27. The molecule has 5 nitrogen and oxygen atoms in total. The van der Waals surface area contributed by atoms with Crippen LogP contribution in [0.25, 0.3) is 11.0 Å². The monoisotopic (exact) mass is 427 g/mol. The highest BCUT2D eigenvalue weighted by Crippen LogP contribution is 2.29. The van der Waals surface area contributed by atoms with Crippen molar-refractivity contribution in [2.45, 2.75) is 20.4 Å². The van der Waals surface area contributed by atoms with Gasteiger partial charge in [-0.3, -0.25) is 4.79 Å². The van der Waals surface area contributed by atoms with Gasteiger partial charge in [0, 0.05) is 18.0 Å². The van der Waals surface area contributed by atoms with Gasteiger partial charge in [-0.2, -0.15) is 8.78 Å². The van der Waals surface area contributed by atoms with Crippen molar-refractivity contribution in [3.05, 3.63) is 74.4 Å². The molecule has 0 atom stereocenters. The van der Waals surface area contributed by atoms with E-state index in [-0.39, 0.29) is 6.54 Å². The standard InChI is InChI=1S/C20H14F5NO4/c1-8-3-4-11-10(5-13(28)30-19(11)9(8)2)6-26-12(27)7-29-20-17(24)15(22)14(21)16(23)18(20)25/h3-5H,6-7H2,1-2H3,(H,26,27). The van der Waals surface area contributed by atoms with E-state index in [0.717, 1.165) is 11.1 Å². The predicted octanol–water partition coefficient (Wildman–Crippen LogP) is 3.80. The second-order valence-corrected chi connectivity index (χ2v) is 6.44. The van der Waals surface area contributed by atoms with E-state index in [1.54, 1.807) is 19.1 Å². The Kier molecular flexibility index (Phi) is 5.77. The van der Waals surface area contributed by atoms with E-state index in [1.807, 2.05) is 6.92 Å². The molecule has 1 amide bonds. The molecule has 3 aromatic rings. The highest BCUT2D eigenvalue weighted by molar-refractivity contribution is 5.84. The molecule has 1 N–H and O–H groups in total. The normalized spacial score (nSPS) is 11.0. The minimum absolute atomic E-state index is 0.163. The lowest BCUT2D eigenvalue weighted by atomic mass is 10.0. The predicted molar refractivity (Wildman–Crippen MR) is 95.5 cm³/mol. The van der Waals surface area contributed by atoms with Crippen LogP contribution in [0.15, 0.2) is 27.4 Å². The zero-order valence-corrected chi connectivity index (χ0v) is 15.7. The lowest BCUT2D eigenvalue weighted by molar-refractivity contribution is -0.123. The maximum atomic E-state index is 13.6. The van der Waals surface area contributed by atoms with Crippen LogP contribution in [0.4, 0.5) is 22.0 Å². The van der Waals surface area contributed by atoms with Crippen molar-refractivity contribution in [1.82, 2.24) is 5.32 Å². The first-order chi connectivity index (χ1) is 14.1. The van der Waals surface area contributed by atoms with Crippen molar-refractivity contribution >= 4 is 16.9 Å². The summed E-state index contributed by atoms with van der Waals surface area (Å²) in [4.78, 5) is 23.7. The van der Waals surface area contributed by atoms with Gasteiger partial charge in [0.2, 0.25) is 29.1 Å². The minimum Gasteiger partial charge on any atom is -0.477 e. The summed E-state index contributed by atoms with van der Waals surface area (Å²) >= 11 is 0. The third-order valence-electron chi connectivity index (χ3n) is 4.51. The van der Waals surface area contributed by atoms with Crippen LogP contribution in [0.5, 0.6) is 5.75 Å². The molecule has 0 radical (unpaired) electrons. The van der Waals surface area contributed by atoms with E-state index in [0.29, 0.717) is 16.5 Å². The highest BCUT2D eigenvalue weighted by atomic mass is 19.2. The van der Waals surface area contributed by atoms with Crippen LogP contribution in [0.2, 0.25) is 0 Å². The molecule has 0 aliphatic rings. The Morgan fingerprint density at radius 1 is 1.00 bits per heavy atom. The van der Waals surface area contributed by atoms with Gasteiger partial charge in [-0.05, 0) is 30.5 Å². The number of rotatable bonds is 5. The summed E-state index contributed by atoms with van der Waals surface area (Å²) in [5.74, 6) is -13.5. The van der Waals surface area contributed by atoms with E-state index in [9.17, 15) is 31.5 Å². The zero-order valence-electron chi connectivity index (χ0n) is 15.7. The van der Waals surface area contributed by atoms with Gasteiger partial charge >= 0.3 is 5.63 Å². The van der Waals surface area contributed by atoms with Crippen LogP contribution < -0.4 is 15.7 Å². The second kappa shape index (κ2) is 8.13. The summed E-state index contributed by atoms with van der Waals surface area (Å²) in [6.45, 7) is 2.42. The van der Waals surface area contributed by atoms with Crippen LogP contribution in [0, 0.1) is 42.9 Å². The topological polar surface area (TPSA) is 68.5 Å². The molecule has 0 spiro atoms. The molecule has 1 aromatic heterocycles. The number of fused-ring (bicyclic) bond motifs is 1. The van der Waals surface area contributed by atoms with Crippen molar-refractivity contribution in [3.8, 4) is 5.75 Å². The van der Waals surface area contributed by atoms with E-state index < -0.39 is 53.0 Å². The summed E-state index contributed by atoms with van der Waals surface area (Å²) < 4.78 is 76.2. The van der Waals surface area contributed by atoms with E-state index >= 15 is 0 Å². The Morgan fingerprint density at radius 3 is 2.23 bits per heavy atom. The van der Waals surface area contributed by atoms with Crippen LogP contribution in [0.3, 0.4) is 0 Å². The zero-order chi connectivity index (χ0) is 22.2. The minimum atomic E-state index is -2.33. The third kappa shape index (κ3) is 3.85. The van der Waals surface area contributed by atoms with Crippen molar-refractivity contribution in [2.24, 2.45) is 0 Å². The van der Waals surface area contributed by atoms with Crippen LogP contribution in [0.1, 0.15) is 16.7 Å². The summed E-state index contributed by atoms with van der Waals surface area (Å²) in [6.07, 6.45) is 0. The number of benzene rings is 2. The molecule has 0 saturated heterocycles. The number of amides is 1.